The lowest BCUT2D eigenvalue weighted by Gasteiger charge is -2.07. The van der Waals surface area contributed by atoms with E-state index in [1.807, 2.05) is 42.5 Å². The van der Waals surface area contributed by atoms with E-state index in [9.17, 15) is 4.79 Å². The molecule has 0 aromatic heterocycles. The highest BCUT2D eigenvalue weighted by Crippen LogP contribution is 2.17. The van der Waals surface area contributed by atoms with Gasteiger partial charge in [0.15, 0.2) is 0 Å². The van der Waals surface area contributed by atoms with Gasteiger partial charge in [0, 0.05) is 5.56 Å². The SMILES string of the molecule is CCCCCCCCCCCCOC(=O)c1ccccc1C#Cc1ccccc1OC. The average Bonchev–Trinajstić information content (AvgIpc) is 2.81. The van der Waals surface area contributed by atoms with E-state index in [1.165, 1.54) is 51.4 Å². The first kappa shape index (κ1) is 24.5. The van der Waals surface area contributed by atoms with Gasteiger partial charge in [-0.2, -0.15) is 0 Å². The number of rotatable bonds is 13. The molecule has 0 unspecified atom stereocenters. The van der Waals surface area contributed by atoms with Crippen LogP contribution in [-0.4, -0.2) is 19.7 Å². The molecule has 0 heterocycles. The second-order valence-electron chi connectivity index (χ2n) is 7.81. The van der Waals surface area contributed by atoms with Crippen LogP contribution in [0.4, 0.5) is 0 Å². The summed E-state index contributed by atoms with van der Waals surface area (Å²) in [7, 11) is 1.62. The highest BCUT2D eigenvalue weighted by Gasteiger charge is 2.11. The van der Waals surface area contributed by atoms with Gasteiger partial charge in [-0.3, -0.25) is 0 Å². The Balaban J connectivity index is 1.75. The number of hydrogen-bond acceptors (Lipinski definition) is 3. The molecule has 0 fully saturated rings. The summed E-state index contributed by atoms with van der Waals surface area (Å²) in [4.78, 5) is 12.5. The zero-order valence-corrected chi connectivity index (χ0v) is 19.1. The van der Waals surface area contributed by atoms with Crippen LogP contribution >= 0.6 is 0 Å². The van der Waals surface area contributed by atoms with Crippen LogP contribution < -0.4 is 4.74 Å². The lowest BCUT2D eigenvalue weighted by molar-refractivity contribution is 0.0497. The molecular weight excluding hydrogens is 384 g/mol. The lowest BCUT2D eigenvalue weighted by atomic mass is 10.1. The summed E-state index contributed by atoms with van der Waals surface area (Å²) < 4.78 is 10.8. The van der Waals surface area contributed by atoms with Crippen molar-refractivity contribution in [2.75, 3.05) is 13.7 Å². The summed E-state index contributed by atoms with van der Waals surface area (Å²) >= 11 is 0. The van der Waals surface area contributed by atoms with Gasteiger partial charge < -0.3 is 9.47 Å². The molecule has 2 rings (SSSR count). The molecule has 0 spiro atoms. The topological polar surface area (TPSA) is 35.5 Å². The van der Waals surface area contributed by atoms with Gasteiger partial charge in [-0.15, -0.1) is 0 Å². The normalized spacial score (nSPS) is 10.3. The molecule has 0 bridgehead atoms. The number of esters is 1. The fourth-order valence-corrected chi connectivity index (χ4v) is 3.48. The van der Waals surface area contributed by atoms with Gasteiger partial charge >= 0.3 is 5.97 Å². The maximum absolute atomic E-state index is 12.5. The van der Waals surface area contributed by atoms with Crippen molar-refractivity contribution in [3.05, 3.63) is 65.2 Å². The van der Waals surface area contributed by atoms with Gasteiger partial charge in [0.25, 0.3) is 0 Å². The number of para-hydroxylation sites is 1. The minimum Gasteiger partial charge on any atom is -0.495 e. The standard InChI is InChI=1S/C28H36O3/c1-3-4-5-6-7-8-9-10-11-16-23-31-28(29)26-19-14-12-17-24(26)21-22-25-18-13-15-20-27(25)30-2/h12-15,17-20H,3-11,16,23H2,1-2H3. The zero-order valence-electron chi connectivity index (χ0n) is 19.1. The number of unbranched alkanes of at least 4 members (excludes halogenated alkanes) is 9. The summed E-state index contributed by atoms with van der Waals surface area (Å²) in [5.41, 5.74) is 1.97. The van der Waals surface area contributed by atoms with Crippen molar-refractivity contribution in [2.24, 2.45) is 0 Å². The van der Waals surface area contributed by atoms with Crippen molar-refractivity contribution in [1.29, 1.82) is 0 Å². The van der Waals surface area contributed by atoms with E-state index in [-0.39, 0.29) is 5.97 Å². The quantitative estimate of drug-likeness (QED) is 0.196. The monoisotopic (exact) mass is 420 g/mol. The van der Waals surface area contributed by atoms with E-state index in [2.05, 4.69) is 18.8 Å². The number of hydrogen-bond donors (Lipinski definition) is 0. The lowest BCUT2D eigenvalue weighted by Crippen LogP contribution is -2.08. The minimum absolute atomic E-state index is 0.305. The number of ether oxygens (including phenoxy) is 2. The molecule has 0 aliphatic carbocycles. The van der Waals surface area contributed by atoms with Crippen LogP contribution in [0.15, 0.2) is 48.5 Å². The fraction of sp³-hybridized carbons (Fsp3) is 0.464. The van der Waals surface area contributed by atoms with Gasteiger partial charge in [0.05, 0.1) is 24.8 Å². The molecule has 166 valence electrons. The summed E-state index contributed by atoms with van der Waals surface area (Å²) in [5.74, 6) is 6.62. The molecule has 0 amide bonds. The molecule has 2 aromatic rings. The second kappa shape index (κ2) is 15.1. The Morgan fingerprint density at radius 2 is 1.29 bits per heavy atom. The van der Waals surface area contributed by atoms with Crippen LogP contribution in [0.3, 0.4) is 0 Å². The summed E-state index contributed by atoms with van der Waals surface area (Å²) in [6.07, 6.45) is 12.6. The van der Waals surface area contributed by atoms with Gasteiger partial charge in [-0.05, 0) is 30.7 Å². The summed E-state index contributed by atoms with van der Waals surface area (Å²) in [6, 6.07) is 14.9. The largest absolute Gasteiger partial charge is 0.495 e. The van der Waals surface area contributed by atoms with Crippen LogP contribution in [0.2, 0.25) is 0 Å². The van der Waals surface area contributed by atoms with Gasteiger partial charge in [-0.25, -0.2) is 4.79 Å². The molecule has 0 atom stereocenters. The predicted molar refractivity (Wildman–Crippen MR) is 128 cm³/mol. The van der Waals surface area contributed by atoms with Crippen molar-refractivity contribution < 1.29 is 14.3 Å². The molecule has 2 aromatic carbocycles. The van der Waals surface area contributed by atoms with Crippen molar-refractivity contribution in [1.82, 2.24) is 0 Å². The Labute approximate surface area is 188 Å². The molecule has 31 heavy (non-hydrogen) atoms. The number of methoxy groups -OCH3 is 1. The Morgan fingerprint density at radius 1 is 0.742 bits per heavy atom. The van der Waals surface area contributed by atoms with Crippen molar-refractivity contribution in [3.8, 4) is 17.6 Å². The smallest absolute Gasteiger partial charge is 0.339 e. The van der Waals surface area contributed by atoms with E-state index in [4.69, 9.17) is 9.47 Å². The van der Waals surface area contributed by atoms with E-state index < -0.39 is 0 Å². The van der Waals surface area contributed by atoms with E-state index in [0.717, 1.165) is 24.2 Å². The van der Waals surface area contributed by atoms with Crippen LogP contribution in [0, 0.1) is 11.8 Å². The zero-order chi connectivity index (χ0) is 22.2. The Bertz CT molecular complexity index is 845. The van der Waals surface area contributed by atoms with Crippen LogP contribution in [0.25, 0.3) is 0 Å². The molecular formula is C28H36O3. The third kappa shape index (κ3) is 9.30. The average molecular weight is 421 g/mol. The third-order valence-electron chi connectivity index (χ3n) is 5.32. The summed E-state index contributed by atoms with van der Waals surface area (Å²) in [5, 5.41) is 0. The molecule has 0 saturated heterocycles. The highest BCUT2D eigenvalue weighted by atomic mass is 16.5. The number of carbonyl (C=O) groups excluding carboxylic acids is 1. The highest BCUT2D eigenvalue weighted by molar-refractivity contribution is 5.92. The first-order valence-electron chi connectivity index (χ1n) is 11.7. The van der Waals surface area contributed by atoms with Gasteiger partial charge in [0.1, 0.15) is 5.75 Å². The molecule has 0 aliphatic rings. The first-order valence-corrected chi connectivity index (χ1v) is 11.7. The second-order valence-corrected chi connectivity index (χ2v) is 7.81. The Kier molecular flexibility index (Phi) is 12.0. The van der Waals surface area contributed by atoms with E-state index >= 15 is 0 Å². The van der Waals surface area contributed by atoms with Crippen LogP contribution in [0.1, 0.15) is 92.6 Å². The van der Waals surface area contributed by atoms with E-state index in [0.29, 0.717) is 17.7 Å². The number of carbonyl (C=O) groups is 1. The molecule has 3 heteroatoms. The third-order valence-corrected chi connectivity index (χ3v) is 5.32. The molecule has 0 radical (unpaired) electrons. The Morgan fingerprint density at radius 3 is 1.97 bits per heavy atom. The maximum atomic E-state index is 12.5. The molecule has 3 nitrogen and oxygen atoms in total. The molecule has 0 aliphatic heterocycles. The van der Waals surface area contributed by atoms with Gasteiger partial charge in [-0.1, -0.05) is 101 Å². The molecule has 0 N–H and O–H groups in total. The van der Waals surface area contributed by atoms with E-state index in [1.54, 1.807) is 13.2 Å². The van der Waals surface area contributed by atoms with Crippen molar-refractivity contribution >= 4 is 5.97 Å². The van der Waals surface area contributed by atoms with Gasteiger partial charge in [0.2, 0.25) is 0 Å². The van der Waals surface area contributed by atoms with Crippen molar-refractivity contribution in [2.45, 2.75) is 71.1 Å². The minimum atomic E-state index is -0.305. The predicted octanol–water partition coefficient (Wildman–Crippen LogP) is 7.17. The summed E-state index contributed by atoms with van der Waals surface area (Å²) in [6.45, 7) is 2.71. The Hall–Kier alpha value is -2.73. The fourth-order valence-electron chi connectivity index (χ4n) is 3.48. The van der Waals surface area contributed by atoms with Crippen LogP contribution in [-0.2, 0) is 4.74 Å². The van der Waals surface area contributed by atoms with Crippen LogP contribution in [0.5, 0.6) is 5.75 Å². The van der Waals surface area contributed by atoms with Crippen molar-refractivity contribution in [3.63, 3.8) is 0 Å². The maximum Gasteiger partial charge on any atom is 0.339 e. The molecule has 0 saturated carbocycles. The first-order chi connectivity index (χ1) is 15.3. The number of benzene rings is 2.